The first kappa shape index (κ1) is 20.3. The molecule has 0 bridgehead atoms. The number of aromatic nitrogens is 3. The third kappa shape index (κ3) is 4.79. The second kappa shape index (κ2) is 9.26. The van der Waals surface area contributed by atoms with Gasteiger partial charge in [-0.15, -0.1) is 10.2 Å². The number of thioether (sulfide) groups is 1. The van der Waals surface area contributed by atoms with Gasteiger partial charge in [0.2, 0.25) is 0 Å². The molecule has 0 saturated carbocycles. The van der Waals surface area contributed by atoms with Crippen molar-refractivity contribution in [2.24, 2.45) is 0 Å². The molecule has 0 atom stereocenters. The molecule has 3 aromatic rings. The second-order valence-corrected chi connectivity index (χ2v) is 8.25. The Bertz CT molecular complexity index is 1060. The second-order valence-electron chi connectivity index (χ2n) is 7.31. The Hall–Kier alpha value is -2.93. The molecule has 0 amide bonds. The fourth-order valence-electron chi connectivity index (χ4n) is 3.56. The number of Topliss-reactive ketones (excluding diaryl/α,β-unsaturated/α-hetero) is 1. The molecule has 0 fully saturated rings. The molecule has 0 radical (unpaired) electrons. The lowest BCUT2D eigenvalue weighted by molar-refractivity contribution is -0.139. The van der Waals surface area contributed by atoms with E-state index in [1.807, 2.05) is 60.0 Å². The molecule has 0 saturated heterocycles. The standard InChI is InChI=1S/C23H23N3O3S/c1-16-24-25-23(26(16)13-17-6-3-2-4-7-17)30-15-22(28)29-14-21(27)20-11-10-18-8-5-9-19(18)12-20/h2-4,6-7,10-12H,5,8-9,13-15H2,1H3. The average Bonchev–Trinajstić information content (AvgIpc) is 3.37. The number of aryl methyl sites for hydroxylation is 3. The molecule has 1 aliphatic carbocycles. The van der Waals surface area contributed by atoms with Crippen LogP contribution in [0.1, 0.15) is 39.3 Å². The van der Waals surface area contributed by atoms with Crippen LogP contribution in [0, 0.1) is 6.92 Å². The van der Waals surface area contributed by atoms with E-state index in [1.165, 1.54) is 22.9 Å². The highest BCUT2D eigenvalue weighted by atomic mass is 32.2. The number of ether oxygens (including phenoxy) is 1. The predicted molar refractivity (Wildman–Crippen MR) is 115 cm³/mol. The third-order valence-electron chi connectivity index (χ3n) is 5.19. The lowest BCUT2D eigenvalue weighted by atomic mass is 10.0. The van der Waals surface area contributed by atoms with E-state index in [1.54, 1.807) is 0 Å². The molecule has 0 N–H and O–H groups in total. The van der Waals surface area contributed by atoms with E-state index in [2.05, 4.69) is 10.2 Å². The SMILES string of the molecule is Cc1nnc(SCC(=O)OCC(=O)c2ccc3c(c2)CCC3)n1Cc1ccccc1. The Kier molecular flexibility index (Phi) is 6.28. The van der Waals surface area contributed by atoms with E-state index in [0.717, 1.165) is 30.7 Å². The monoisotopic (exact) mass is 421 g/mol. The maximum atomic E-state index is 12.4. The molecule has 1 aliphatic rings. The van der Waals surface area contributed by atoms with E-state index in [9.17, 15) is 9.59 Å². The number of rotatable bonds is 8. The van der Waals surface area contributed by atoms with Crippen molar-refractivity contribution in [3.8, 4) is 0 Å². The largest absolute Gasteiger partial charge is 0.457 e. The zero-order valence-electron chi connectivity index (χ0n) is 16.8. The number of benzene rings is 2. The minimum atomic E-state index is -0.443. The maximum Gasteiger partial charge on any atom is 0.316 e. The summed E-state index contributed by atoms with van der Waals surface area (Å²) >= 11 is 1.26. The summed E-state index contributed by atoms with van der Waals surface area (Å²) in [5.74, 6) is 0.235. The summed E-state index contributed by atoms with van der Waals surface area (Å²) in [5, 5.41) is 8.93. The highest BCUT2D eigenvalue weighted by molar-refractivity contribution is 7.99. The molecule has 1 aromatic heterocycles. The lowest BCUT2D eigenvalue weighted by Gasteiger charge is -2.09. The Balaban J connectivity index is 1.29. The Labute approximate surface area is 179 Å². The normalized spacial score (nSPS) is 12.6. The maximum absolute atomic E-state index is 12.4. The van der Waals surface area contributed by atoms with E-state index < -0.39 is 5.97 Å². The number of ketones is 1. The first-order valence-electron chi connectivity index (χ1n) is 9.97. The van der Waals surface area contributed by atoms with Gasteiger partial charge in [0, 0.05) is 5.56 Å². The van der Waals surface area contributed by atoms with Gasteiger partial charge in [0.05, 0.1) is 12.3 Å². The van der Waals surface area contributed by atoms with E-state index in [-0.39, 0.29) is 18.1 Å². The summed E-state index contributed by atoms with van der Waals surface area (Å²) < 4.78 is 7.16. The van der Waals surface area contributed by atoms with Crippen LogP contribution in [-0.2, 0) is 28.9 Å². The highest BCUT2D eigenvalue weighted by Crippen LogP contribution is 2.23. The smallest absolute Gasteiger partial charge is 0.316 e. The molecular formula is C23H23N3O3S. The van der Waals surface area contributed by atoms with Crippen molar-refractivity contribution in [3.63, 3.8) is 0 Å². The minimum Gasteiger partial charge on any atom is -0.457 e. The molecule has 6 nitrogen and oxygen atoms in total. The number of carbonyl (C=O) groups is 2. The summed E-state index contributed by atoms with van der Waals surface area (Å²) in [6.07, 6.45) is 3.22. The fourth-order valence-corrected chi connectivity index (χ4v) is 4.34. The molecule has 2 aromatic carbocycles. The summed E-state index contributed by atoms with van der Waals surface area (Å²) in [6.45, 7) is 2.27. The van der Waals surface area contributed by atoms with Crippen LogP contribution >= 0.6 is 11.8 Å². The van der Waals surface area contributed by atoms with E-state index in [0.29, 0.717) is 17.3 Å². The average molecular weight is 422 g/mol. The lowest BCUT2D eigenvalue weighted by Crippen LogP contribution is -2.16. The van der Waals surface area contributed by atoms with Gasteiger partial charge in [-0.3, -0.25) is 9.59 Å². The van der Waals surface area contributed by atoms with Crippen molar-refractivity contribution < 1.29 is 14.3 Å². The predicted octanol–water partition coefficient (Wildman–Crippen LogP) is 3.64. The molecule has 0 aliphatic heterocycles. The quantitative estimate of drug-likeness (QED) is 0.314. The molecular weight excluding hydrogens is 398 g/mol. The van der Waals surface area contributed by atoms with Crippen molar-refractivity contribution in [2.45, 2.75) is 37.9 Å². The van der Waals surface area contributed by atoms with Crippen LogP contribution in [0.5, 0.6) is 0 Å². The topological polar surface area (TPSA) is 74.1 Å². The van der Waals surface area contributed by atoms with Gasteiger partial charge in [0.25, 0.3) is 0 Å². The summed E-state index contributed by atoms with van der Waals surface area (Å²) in [4.78, 5) is 24.5. The van der Waals surface area contributed by atoms with Crippen LogP contribution in [0.25, 0.3) is 0 Å². The zero-order valence-corrected chi connectivity index (χ0v) is 17.7. The van der Waals surface area contributed by atoms with Crippen molar-refractivity contribution in [1.82, 2.24) is 14.8 Å². The van der Waals surface area contributed by atoms with Gasteiger partial charge >= 0.3 is 5.97 Å². The first-order valence-corrected chi connectivity index (χ1v) is 11.0. The highest BCUT2D eigenvalue weighted by Gasteiger charge is 2.17. The van der Waals surface area contributed by atoms with Crippen molar-refractivity contribution in [2.75, 3.05) is 12.4 Å². The third-order valence-corrected chi connectivity index (χ3v) is 6.13. The molecule has 0 unspecified atom stereocenters. The Morgan fingerprint density at radius 3 is 2.70 bits per heavy atom. The molecule has 30 heavy (non-hydrogen) atoms. The van der Waals surface area contributed by atoms with Gasteiger partial charge in [-0.25, -0.2) is 0 Å². The minimum absolute atomic E-state index is 0.0738. The van der Waals surface area contributed by atoms with Gasteiger partial charge in [-0.2, -0.15) is 0 Å². The van der Waals surface area contributed by atoms with Crippen LogP contribution in [0.2, 0.25) is 0 Å². The van der Waals surface area contributed by atoms with Gasteiger partial charge < -0.3 is 9.30 Å². The van der Waals surface area contributed by atoms with Gasteiger partial charge in [-0.1, -0.05) is 54.2 Å². The van der Waals surface area contributed by atoms with E-state index in [4.69, 9.17) is 4.74 Å². The Morgan fingerprint density at radius 2 is 1.87 bits per heavy atom. The molecule has 1 heterocycles. The van der Waals surface area contributed by atoms with Gasteiger partial charge in [-0.05, 0) is 48.9 Å². The first-order chi connectivity index (χ1) is 14.6. The van der Waals surface area contributed by atoms with Crippen LogP contribution in [0.3, 0.4) is 0 Å². The van der Waals surface area contributed by atoms with Crippen molar-refractivity contribution in [1.29, 1.82) is 0 Å². The number of fused-ring (bicyclic) bond motifs is 1. The number of hydrogen-bond donors (Lipinski definition) is 0. The van der Waals surface area contributed by atoms with Crippen molar-refractivity contribution >= 4 is 23.5 Å². The molecule has 4 rings (SSSR count). The van der Waals surface area contributed by atoms with Crippen LogP contribution in [0.4, 0.5) is 0 Å². The summed E-state index contributed by atoms with van der Waals surface area (Å²) in [6, 6.07) is 15.8. The number of hydrogen-bond acceptors (Lipinski definition) is 6. The fraction of sp³-hybridized carbons (Fsp3) is 0.304. The van der Waals surface area contributed by atoms with Crippen molar-refractivity contribution in [3.05, 3.63) is 76.6 Å². The van der Waals surface area contributed by atoms with Crippen LogP contribution in [0.15, 0.2) is 53.7 Å². The summed E-state index contributed by atoms with van der Waals surface area (Å²) in [7, 11) is 0. The number of nitrogens with zero attached hydrogens (tertiary/aromatic N) is 3. The summed E-state index contributed by atoms with van der Waals surface area (Å²) in [5.41, 5.74) is 4.28. The van der Waals surface area contributed by atoms with Gasteiger partial charge in [0.15, 0.2) is 17.5 Å². The molecule has 0 spiro atoms. The van der Waals surface area contributed by atoms with E-state index >= 15 is 0 Å². The van der Waals surface area contributed by atoms with Crippen LogP contribution in [-0.4, -0.2) is 38.9 Å². The number of carbonyl (C=O) groups excluding carboxylic acids is 2. The zero-order chi connectivity index (χ0) is 20.9. The van der Waals surface area contributed by atoms with Gasteiger partial charge in [0.1, 0.15) is 5.82 Å². The Morgan fingerprint density at radius 1 is 1.07 bits per heavy atom. The molecule has 154 valence electrons. The van der Waals surface area contributed by atoms with Crippen LogP contribution < -0.4 is 0 Å². The molecule has 7 heteroatoms. The number of esters is 1.